The van der Waals surface area contributed by atoms with Crippen molar-refractivity contribution in [2.75, 3.05) is 25.0 Å². The van der Waals surface area contributed by atoms with Crippen molar-refractivity contribution < 1.29 is 0 Å². The molecule has 0 saturated heterocycles. The number of hydrogen-bond donors (Lipinski definition) is 2. The van der Waals surface area contributed by atoms with Gasteiger partial charge in [-0.25, -0.2) is 9.97 Å². The van der Waals surface area contributed by atoms with Crippen LogP contribution in [0.5, 0.6) is 0 Å². The van der Waals surface area contributed by atoms with Crippen LogP contribution in [0.1, 0.15) is 39.2 Å². The highest BCUT2D eigenvalue weighted by atomic mass is 15.1. The average Bonchev–Trinajstić information content (AvgIpc) is 3.21. The van der Waals surface area contributed by atoms with E-state index >= 15 is 0 Å². The summed E-state index contributed by atoms with van der Waals surface area (Å²) >= 11 is 0. The molecule has 5 heteroatoms. The lowest BCUT2D eigenvalue weighted by Crippen LogP contribution is -2.25. The fraction of sp³-hybridized carbons (Fsp3) is 0.385. The molecule has 1 unspecified atom stereocenters. The number of H-pyrrole nitrogens is 1. The average molecular weight is 416 g/mol. The molecule has 4 aromatic rings. The molecular weight excluding hydrogens is 382 g/mol. The lowest BCUT2D eigenvalue weighted by Gasteiger charge is -2.21. The smallest absolute Gasteiger partial charge is 0.164 e. The summed E-state index contributed by atoms with van der Waals surface area (Å²) in [5.41, 5.74) is 4.32. The summed E-state index contributed by atoms with van der Waals surface area (Å²) in [7, 11) is 0. The predicted octanol–water partition coefficient (Wildman–Crippen LogP) is 6.01. The van der Waals surface area contributed by atoms with E-state index in [-0.39, 0.29) is 0 Å². The van der Waals surface area contributed by atoms with Gasteiger partial charge in [0.15, 0.2) is 5.82 Å². The molecule has 2 aromatic heterocycles. The Bertz CT molecular complexity index is 1160. The Morgan fingerprint density at radius 1 is 1.00 bits per heavy atom. The molecule has 0 radical (unpaired) electrons. The van der Waals surface area contributed by atoms with Crippen LogP contribution >= 0.6 is 0 Å². The molecule has 0 aliphatic rings. The quantitative estimate of drug-likeness (QED) is 0.351. The monoisotopic (exact) mass is 415 g/mol. The lowest BCUT2D eigenvalue weighted by molar-refractivity contribution is 0.295. The number of hydrogen-bond acceptors (Lipinski definition) is 4. The number of benzene rings is 2. The van der Waals surface area contributed by atoms with Gasteiger partial charge in [0.25, 0.3) is 0 Å². The summed E-state index contributed by atoms with van der Waals surface area (Å²) in [6.45, 7) is 12.2. The van der Waals surface area contributed by atoms with Crippen LogP contribution in [0, 0.1) is 6.92 Å². The molecular formula is C26H33N5. The molecule has 0 bridgehead atoms. The maximum atomic E-state index is 5.00. The molecule has 0 saturated carbocycles. The van der Waals surface area contributed by atoms with Crippen LogP contribution in [-0.2, 0) is 0 Å². The molecule has 4 rings (SSSR count). The van der Waals surface area contributed by atoms with Crippen molar-refractivity contribution >= 4 is 27.6 Å². The molecule has 0 spiro atoms. The van der Waals surface area contributed by atoms with Crippen molar-refractivity contribution in [3.63, 3.8) is 0 Å². The number of rotatable bonds is 9. The second-order valence-electron chi connectivity index (χ2n) is 8.33. The van der Waals surface area contributed by atoms with Gasteiger partial charge in [0.05, 0.1) is 5.52 Å². The highest BCUT2D eigenvalue weighted by Gasteiger charge is 2.15. The summed E-state index contributed by atoms with van der Waals surface area (Å²) in [5, 5.41) is 5.92. The van der Waals surface area contributed by atoms with Gasteiger partial charge < -0.3 is 15.2 Å². The van der Waals surface area contributed by atoms with Gasteiger partial charge in [-0.2, -0.15) is 0 Å². The van der Waals surface area contributed by atoms with Crippen LogP contribution in [0.25, 0.3) is 33.2 Å². The number of aryl methyl sites for hydroxylation is 1. The molecule has 0 fully saturated rings. The van der Waals surface area contributed by atoms with E-state index in [9.17, 15) is 0 Å². The van der Waals surface area contributed by atoms with E-state index in [1.54, 1.807) is 0 Å². The number of fused-ring (bicyclic) bond motifs is 2. The van der Waals surface area contributed by atoms with Crippen LogP contribution in [-0.4, -0.2) is 45.5 Å². The third-order valence-corrected chi connectivity index (χ3v) is 6.15. The van der Waals surface area contributed by atoms with E-state index in [0.29, 0.717) is 6.04 Å². The van der Waals surface area contributed by atoms with Crippen molar-refractivity contribution in [1.82, 2.24) is 19.9 Å². The first kappa shape index (κ1) is 21.3. The number of aromatic amines is 1. The molecule has 0 aliphatic carbocycles. The molecule has 2 heterocycles. The van der Waals surface area contributed by atoms with E-state index in [2.05, 4.69) is 79.3 Å². The molecule has 31 heavy (non-hydrogen) atoms. The Kier molecular flexibility index (Phi) is 6.52. The van der Waals surface area contributed by atoms with E-state index in [1.165, 1.54) is 12.0 Å². The topological polar surface area (TPSA) is 56.8 Å². The number of nitrogens with one attached hydrogen (secondary N) is 2. The zero-order chi connectivity index (χ0) is 21.8. The number of nitrogens with zero attached hydrogens (tertiary/aromatic N) is 3. The summed E-state index contributed by atoms with van der Waals surface area (Å²) in [5.74, 6) is 1.68. The Morgan fingerprint density at radius 3 is 2.58 bits per heavy atom. The second-order valence-corrected chi connectivity index (χ2v) is 8.33. The maximum absolute atomic E-state index is 5.00. The SMILES string of the molecule is CCN(CC)CCCC(C)Nc1nc(-c2c[nH]c3ccccc23)nc2c(C)cccc12. The Labute approximate surface area is 184 Å². The van der Waals surface area contributed by atoms with Crippen molar-refractivity contribution in [2.45, 2.75) is 46.6 Å². The van der Waals surface area contributed by atoms with Crippen LogP contribution < -0.4 is 5.32 Å². The Hall–Kier alpha value is -2.92. The van der Waals surface area contributed by atoms with Crippen molar-refractivity contribution in [1.29, 1.82) is 0 Å². The fourth-order valence-corrected chi connectivity index (χ4v) is 4.25. The zero-order valence-corrected chi connectivity index (χ0v) is 19.1. The summed E-state index contributed by atoms with van der Waals surface area (Å²) < 4.78 is 0. The summed E-state index contributed by atoms with van der Waals surface area (Å²) in [4.78, 5) is 15.8. The molecule has 162 valence electrons. The lowest BCUT2D eigenvalue weighted by atomic mass is 10.1. The third kappa shape index (κ3) is 4.57. The molecule has 1 atom stereocenters. The van der Waals surface area contributed by atoms with E-state index in [1.807, 2.05) is 12.3 Å². The van der Waals surface area contributed by atoms with Crippen LogP contribution in [0.3, 0.4) is 0 Å². The third-order valence-electron chi connectivity index (χ3n) is 6.15. The molecule has 2 aromatic carbocycles. The van der Waals surface area contributed by atoms with Crippen molar-refractivity contribution in [3.8, 4) is 11.4 Å². The minimum atomic E-state index is 0.338. The first-order valence-corrected chi connectivity index (χ1v) is 11.4. The van der Waals surface area contributed by atoms with E-state index in [4.69, 9.17) is 9.97 Å². The van der Waals surface area contributed by atoms with Crippen molar-refractivity contribution in [3.05, 3.63) is 54.2 Å². The summed E-state index contributed by atoms with van der Waals surface area (Å²) in [6, 6.07) is 15.0. The standard InChI is InChI=1S/C26H33N5/c1-5-31(6-2)16-10-12-19(4)28-25-21-14-9-11-18(3)24(21)29-26(30-25)22-17-27-23-15-8-7-13-20(22)23/h7-9,11,13-15,17,19,27H,5-6,10,12,16H2,1-4H3,(H,28,29,30). The normalized spacial score (nSPS) is 12.7. The highest BCUT2D eigenvalue weighted by Crippen LogP contribution is 2.31. The minimum Gasteiger partial charge on any atom is -0.367 e. The molecule has 0 aliphatic heterocycles. The largest absolute Gasteiger partial charge is 0.367 e. The van der Waals surface area contributed by atoms with Gasteiger partial charge in [-0.3, -0.25) is 0 Å². The second kappa shape index (κ2) is 9.48. The molecule has 0 amide bonds. The van der Waals surface area contributed by atoms with Gasteiger partial charge >= 0.3 is 0 Å². The molecule has 2 N–H and O–H groups in total. The first-order chi connectivity index (χ1) is 15.1. The van der Waals surface area contributed by atoms with Gasteiger partial charge in [-0.15, -0.1) is 0 Å². The van der Waals surface area contributed by atoms with Crippen LogP contribution in [0.15, 0.2) is 48.7 Å². The Balaban J connectivity index is 1.65. The Morgan fingerprint density at radius 2 is 1.77 bits per heavy atom. The van der Waals surface area contributed by atoms with Crippen LogP contribution in [0.2, 0.25) is 0 Å². The predicted molar refractivity (Wildman–Crippen MR) is 132 cm³/mol. The minimum absolute atomic E-state index is 0.338. The van der Waals surface area contributed by atoms with Crippen LogP contribution in [0.4, 0.5) is 5.82 Å². The fourth-order valence-electron chi connectivity index (χ4n) is 4.25. The van der Waals surface area contributed by atoms with Gasteiger partial charge in [0.2, 0.25) is 0 Å². The van der Waals surface area contributed by atoms with Gasteiger partial charge in [0.1, 0.15) is 5.82 Å². The number of anilines is 1. The van der Waals surface area contributed by atoms with E-state index < -0.39 is 0 Å². The molecule has 5 nitrogen and oxygen atoms in total. The zero-order valence-electron chi connectivity index (χ0n) is 19.1. The van der Waals surface area contributed by atoms with E-state index in [0.717, 1.165) is 65.1 Å². The van der Waals surface area contributed by atoms with Gasteiger partial charge in [-0.1, -0.05) is 44.2 Å². The van der Waals surface area contributed by atoms with Gasteiger partial charge in [0, 0.05) is 34.1 Å². The van der Waals surface area contributed by atoms with Gasteiger partial charge in [-0.05, 0) is 64.0 Å². The van der Waals surface area contributed by atoms with Crippen molar-refractivity contribution in [2.24, 2.45) is 0 Å². The summed E-state index contributed by atoms with van der Waals surface area (Å²) in [6.07, 6.45) is 4.30. The number of para-hydroxylation sites is 2. The maximum Gasteiger partial charge on any atom is 0.164 e. The first-order valence-electron chi connectivity index (χ1n) is 11.4. The number of aromatic nitrogens is 3. The highest BCUT2D eigenvalue weighted by molar-refractivity contribution is 5.97.